The van der Waals surface area contributed by atoms with E-state index in [4.69, 9.17) is 5.73 Å². The van der Waals surface area contributed by atoms with E-state index in [0.717, 1.165) is 30.6 Å². The van der Waals surface area contributed by atoms with Crippen molar-refractivity contribution in [3.63, 3.8) is 0 Å². The van der Waals surface area contributed by atoms with E-state index in [0.29, 0.717) is 0 Å². The monoisotopic (exact) mass is 232 g/mol. The number of hydrogen-bond acceptors (Lipinski definition) is 2. The molecule has 0 unspecified atom stereocenters. The Morgan fingerprint density at radius 1 is 1.06 bits per heavy atom. The lowest BCUT2D eigenvalue weighted by Crippen LogP contribution is -2.39. The number of nitrogens with two attached hydrogens (primary N) is 1. The van der Waals surface area contributed by atoms with E-state index in [1.54, 1.807) is 0 Å². The van der Waals surface area contributed by atoms with Crippen molar-refractivity contribution in [2.24, 2.45) is 11.8 Å². The number of aryl methyl sites for hydroxylation is 2. The fourth-order valence-corrected chi connectivity index (χ4v) is 2.96. The molecule has 0 bridgehead atoms. The second-order valence-electron chi connectivity index (χ2n) is 5.85. The van der Waals surface area contributed by atoms with E-state index < -0.39 is 0 Å². The van der Waals surface area contributed by atoms with Crippen molar-refractivity contribution in [1.82, 2.24) is 0 Å². The largest absolute Gasteiger partial charge is 0.397 e. The van der Waals surface area contributed by atoms with Crippen LogP contribution in [0.1, 0.15) is 31.4 Å². The first-order valence-corrected chi connectivity index (χ1v) is 6.59. The first-order valence-electron chi connectivity index (χ1n) is 6.59. The summed E-state index contributed by atoms with van der Waals surface area (Å²) in [6, 6.07) is 4.35. The zero-order valence-corrected chi connectivity index (χ0v) is 11.5. The average Bonchev–Trinajstić information content (AvgIpc) is 2.22. The molecule has 0 aliphatic carbocycles. The van der Waals surface area contributed by atoms with Crippen molar-refractivity contribution in [2.45, 2.75) is 34.1 Å². The number of hydrogen-bond donors (Lipinski definition) is 1. The molecule has 1 aromatic rings. The number of benzene rings is 1. The lowest BCUT2D eigenvalue weighted by molar-refractivity contribution is 0.357. The number of rotatable bonds is 1. The molecule has 1 fully saturated rings. The lowest BCUT2D eigenvalue weighted by atomic mass is 9.91. The number of piperidine rings is 1. The van der Waals surface area contributed by atoms with Crippen molar-refractivity contribution in [3.8, 4) is 0 Å². The van der Waals surface area contributed by atoms with Gasteiger partial charge in [0.25, 0.3) is 0 Å². The normalized spacial score (nSPS) is 25.1. The van der Waals surface area contributed by atoms with Crippen LogP contribution in [0.15, 0.2) is 12.1 Å². The highest BCUT2D eigenvalue weighted by molar-refractivity contribution is 5.70. The van der Waals surface area contributed by atoms with Crippen molar-refractivity contribution in [2.75, 3.05) is 23.7 Å². The van der Waals surface area contributed by atoms with Gasteiger partial charge in [-0.25, -0.2) is 0 Å². The lowest BCUT2D eigenvalue weighted by Gasteiger charge is -2.37. The third-order valence-corrected chi connectivity index (χ3v) is 3.85. The van der Waals surface area contributed by atoms with E-state index in [2.05, 4.69) is 44.7 Å². The molecule has 2 atom stereocenters. The molecule has 2 heteroatoms. The van der Waals surface area contributed by atoms with Gasteiger partial charge in [0.2, 0.25) is 0 Å². The maximum absolute atomic E-state index is 6.17. The molecule has 17 heavy (non-hydrogen) atoms. The van der Waals surface area contributed by atoms with Crippen LogP contribution in [0.25, 0.3) is 0 Å². The van der Waals surface area contributed by atoms with Gasteiger partial charge >= 0.3 is 0 Å². The molecule has 0 radical (unpaired) electrons. The van der Waals surface area contributed by atoms with Crippen molar-refractivity contribution in [3.05, 3.63) is 23.3 Å². The van der Waals surface area contributed by atoms with Crippen molar-refractivity contribution >= 4 is 11.4 Å². The molecule has 0 saturated carbocycles. The highest BCUT2D eigenvalue weighted by Gasteiger charge is 2.23. The summed E-state index contributed by atoms with van der Waals surface area (Å²) in [6.45, 7) is 11.2. The van der Waals surface area contributed by atoms with Gasteiger partial charge < -0.3 is 10.6 Å². The van der Waals surface area contributed by atoms with E-state index in [9.17, 15) is 0 Å². The second-order valence-corrected chi connectivity index (χ2v) is 5.85. The Kier molecular flexibility index (Phi) is 3.32. The molecule has 0 aromatic heterocycles. The Morgan fingerprint density at radius 2 is 1.59 bits per heavy atom. The van der Waals surface area contributed by atoms with Gasteiger partial charge in [-0.1, -0.05) is 13.8 Å². The maximum Gasteiger partial charge on any atom is 0.0602 e. The topological polar surface area (TPSA) is 29.3 Å². The molecular formula is C15H24N2. The minimum atomic E-state index is 0.764. The van der Waals surface area contributed by atoms with Gasteiger partial charge in [-0.3, -0.25) is 0 Å². The first kappa shape index (κ1) is 12.3. The predicted octanol–water partition coefficient (Wildman–Crippen LogP) is 3.37. The highest BCUT2D eigenvalue weighted by Crippen LogP contribution is 2.32. The molecule has 1 aliphatic rings. The standard InChI is InChI=1S/C15H24N2/c1-10-5-11(2)9-17(8-10)15-7-13(4)12(3)6-14(15)16/h6-7,10-11H,5,8-9,16H2,1-4H3/t10-,11+. The van der Waals surface area contributed by atoms with Crippen LogP contribution in [0.4, 0.5) is 11.4 Å². The van der Waals surface area contributed by atoms with Crippen LogP contribution < -0.4 is 10.6 Å². The minimum absolute atomic E-state index is 0.764. The van der Waals surface area contributed by atoms with Crippen molar-refractivity contribution in [1.29, 1.82) is 0 Å². The Labute approximate surface area is 105 Å². The van der Waals surface area contributed by atoms with E-state index >= 15 is 0 Å². The molecule has 1 aromatic carbocycles. The molecule has 1 heterocycles. The molecular weight excluding hydrogens is 208 g/mol. The zero-order valence-electron chi connectivity index (χ0n) is 11.5. The quantitative estimate of drug-likeness (QED) is 0.752. The summed E-state index contributed by atoms with van der Waals surface area (Å²) < 4.78 is 0. The summed E-state index contributed by atoms with van der Waals surface area (Å²) in [4.78, 5) is 2.46. The van der Waals surface area contributed by atoms with E-state index in [-0.39, 0.29) is 0 Å². The maximum atomic E-state index is 6.17. The van der Waals surface area contributed by atoms with Crippen LogP contribution in [0.5, 0.6) is 0 Å². The molecule has 2 rings (SSSR count). The van der Waals surface area contributed by atoms with Gasteiger partial charge in [0.15, 0.2) is 0 Å². The summed E-state index contributed by atoms with van der Waals surface area (Å²) >= 11 is 0. The fraction of sp³-hybridized carbons (Fsp3) is 0.600. The molecule has 2 nitrogen and oxygen atoms in total. The van der Waals surface area contributed by atoms with Gasteiger partial charge in [-0.15, -0.1) is 0 Å². The van der Waals surface area contributed by atoms with Crippen LogP contribution in [0.3, 0.4) is 0 Å². The van der Waals surface area contributed by atoms with Gasteiger partial charge in [0, 0.05) is 13.1 Å². The average molecular weight is 232 g/mol. The fourth-order valence-electron chi connectivity index (χ4n) is 2.96. The zero-order chi connectivity index (χ0) is 12.6. The minimum Gasteiger partial charge on any atom is -0.397 e. The van der Waals surface area contributed by atoms with E-state index in [1.165, 1.54) is 23.2 Å². The summed E-state index contributed by atoms with van der Waals surface area (Å²) in [6.07, 6.45) is 1.33. The van der Waals surface area contributed by atoms with Crippen LogP contribution in [-0.2, 0) is 0 Å². The van der Waals surface area contributed by atoms with Crippen molar-refractivity contribution < 1.29 is 0 Å². The first-order chi connectivity index (χ1) is 7.97. The summed E-state index contributed by atoms with van der Waals surface area (Å²) in [5.74, 6) is 1.53. The third-order valence-electron chi connectivity index (χ3n) is 3.85. The van der Waals surface area contributed by atoms with Gasteiger partial charge in [0.05, 0.1) is 11.4 Å². The molecule has 1 aliphatic heterocycles. The van der Waals surface area contributed by atoms with Crippen LogP contribution >= 0.6 is 0 Å². The third kappa shape index (κ3) is 2.56. The SMILES string of the molecule is Cc1cc(N)c(N2C[C@H](C)C[C@H](C)C2)cc1C. The summed E-state index contributed by atoms with van der Waals surface area (Å²) in [5.41, 5.74) is 10.9. The van der Waals surface area contributed by atoms with E-state index in [1.807, 2.05) is 0 Å². The van der Waals surface area contributed by atoms with Crippen LogP contribution in [-0.4, -0.2) is 13.1 Å². The Hall–Kier alpha value is -1.18. The number of nitrogens with zero attached hydrogens (tertiary/aromatic N) is 1. The molecule has 0 amide bonds. The second kappa shape index (κ2) is 4.59. The summed E-state index contributed by atoms with van der Waals surface area (Å²) in [5, 5.41) is 0. The van der Waals surface area contributed by atoms with Gasteiger partial charge in [-0.05, 0) is 55.4 Å². The van der Waals surface area contributed by atoms with Crippen LogP contribution in [0.2, 0.25) is 0 Å². The highest BCUT2D eigenvalue weighted by atomic mass is 15.1. The number of anilines is 2. The van der Waals surface area contributed by atoms with Gasteiger partial charge in [-0.2, -0.15) is 0 Å². The molecule has 0 spiro atoms. The predicted molar refractivity (Wildman–Crippen MR) is 75.5 cm³/mol. The molecule has 2 N–H and O–H groups in total. The molecule has 1 saturated heterocycles. The Morgan fingerprint density at radius 3 is 2.18 bits per heavy atom. The Balaban J connectivity index is 2.30. The summed E-state index contributed by atoms with van der Waals surface area (Å²) in [7, 11) is 0. The smallest absolute Gasteiger partial charge is 0.0602 e. The van der Waals surface area contributed by atoms with Crippen LogP contribution in [0, 0.1) is 25.7 Å². The number of nitrogen functional groups attached to an aromatic ring is 1. The van der Waals surface area contributed by atoms with Gasteiger partial charge in [0.1, 0.15) is 0 Å². The Bertz CT molecular complexity index is 402. The molecule has 94 valence electrons.